The first-order valence-electron chi connectivity index (χ1n) is 6.93. The van der Waals surface area contributed by atoms with Gasteiger partial charge in [-0.3, -0.25) is 14.8 Å². The highest BCUT2D eigenvalue weighted by Crippen LogP contribution is 2.16. The van der Waals surface area contributed by atoms with Crippen LogP contribution in [0.1, 0.15) is 65.3 Å². The molecule has 0 fully saturated rings. The molecule has 0 saturated carbocycles. The molecule has 1 rings (SSSR count). The highest BCUT2D eigenvalue weighted by molar-refractivity contribution is 7.15. The second-order valence-corrected chi connectivity index (χ2v) is 5.91. The van der Waals surface area contributed by atoms with Crippen LogP contribution >= 0.6 is 11.3 Å². The quantitative estimate of drug-likeness (QED) is 0.392. The van der Waals surface area contributed by atoms with Crippen molar-refractivity contribution >= 4 is 23.2 Å². The Hall–Kier alpha value is -1.40. The van der Waals surface area contributed by atoms with Crippen molar-refractivity contribution in [3.8, 4) is 0 Å². The Bertz CT molecular complexity index is 445. The maximum atomic E-state index is 12.0. The van der Waals surface area contributed by atoms with E-state index in [0.29, 0.717) is 9.75 Å². The van der Waals surface area contributed by atoms with Gasteiger partial charge >= 0.3 is 0 Å². The van der Waals surface area contributed by atoms with E-state index in [1.54, 1.807) is 11.5 Å². The number of hydroxylamine groups is 1. The summed E-state index contributed by atoms with van der Waals surface area (Å²) in [6.07, 6.45) is 5.69. The molecule has 3 N–H and O–H groups in total. The first kappa shape index (κ1) is 16.7. The Kier molecular flexibility index (Phi) is 7.25. The number of hydrogen-bond acceptors (Lipinski definition) is 4. The predicted octanol–water partition coefficient (Wildman–Crippen LogP) is 2.96. The van der Waals surface area contributed by atoms with Crippen LogP contribution in [0.25, 0.3) is 0 Å². The Morgan fingerprint density at radius 3 is 2.45 bits per heavy atom. The summed E-state index contributed by atoms with van der Waals surface area (Å²) in [7, 11) is 0. The van der Waals surface area contributed by atoms with Crippen LogP contribution in [-0.2, 0) is 0 Å². The Balaban J connectivity index is 2.41. The van der Waals surface area contributed by atoms with E-state index in [4.69, 9.17) is 5.21 Å². The van der Waals surface area contributed by atoms with Crippen LogP contribution in [0.5, 0.6) is 0 Å². The minimum absolute atomic E-state index is 0.122. The Morgan fingerprint density at radius 2 is 1.85 bits per heavy atom. The van der Waals surface area contributed by atoms with Gasteiger partial charge in [0, 0.05) is 6.04 Å². The number of nitrogens with one attached hydrogen (secondary N) is 2. The highest BCUT2D eigenvalue weighted by Gasteiger charge is 2.14. The smallest absolute Gasteiger partial charge is 0.284 e. The average Bonchev–Trinajstić information content (AvgIpc) is 2.92. The molecule has 1 aromatic heterocycles. The molecule has 0 bridgehead atoms. The topological polar surface area (TPSA) is 78.4 Å². The number of thiophene rings is 1. The third kappa shape index (κ3) is 5.30. The molecule has 5 nitrogen and oxygen atoms in total. The minimum atomic E-state index is -0.596. The first-order chi connectivity index (χ1) is 9.58. The zero-order valence-corrected chi connectivity index (χ0v) is 12.8. The molecule has 6 heteroatoms. The standard InChI is InChI=1S/C14H22N2O3S/c1-3-4-5-6-7-10(2)15-13(17)11-8-9-12(20-11)14(18)16-19/h8-10,19H,3-7H2,1-2H3,(H,15,17)(H,16,18). The molecule has 0 spiro atoms. The van der Waals surface area contributed by atoms with Crippen molar-refractivity contribution in [3.05, 3.63) is 21.9 Å². The van der Waals surface area contributed by atoms with Gasteiger partial charge in [-0.05, 0) is 25.5 Å². The molecule has 0 aromatic carbocycles. The highest BCUT2D eigenvalue weighted by atomic mass is 32.1. The Labute approximate surface area is 123 Å². The van der Waals surface area contributed by atoms with Crippen LogP contribution in [0.2, 0.25) is 0 Å². The average molecular weight is 298 g/mol. The summed E-state index contributed by atoms with van der Waals surface area (Å²) in [5, 5.41) is 11.4. The summed E-state index contributed by atoms with van der Waals surface area (Å²) in [6, 6.07) is 3.24. The fourth-order valence-corrected chi connectivity index (χ4v) is 2.68. The van der Waals surface area contributed by atoms with Crippen molar-refractivity contribution in [2.75, 3.05) is 0 Å². The van der Waals surface area contributed by atoms with Crippen LogP contribution in [0.15, 0.2) is 12.1 Å². The Morgan fingerprint density at radius 1 is 1.20 bits per heavy atom. The van der Waals surface area contributed by atoms with Crippen LogP contribution in [0, 0.1) is 0 Å². The van der Waals surface area contributed by atoms with Gasteiger partial charge in [0.25, 0.3) is 11.8 Å². The van der Waals surface area contributed by atoms with Crippen molar-refractivity contribution in [1.29, 1.82) is 0 Å². The summed E-state index contributed by atoms with van der Waals surface area (Å²) in [5.74, 6) is -0.767. The van der Waals surface area contributed by atoms with Crippen LogP contribution in [-0.4, -0.2) is 23.1 Å². The van der Waals surface area contributed by atoms with Gasteiger partial charge in [-0.1, -0.05) is 32.6 Å². The lowest BCUT2D eigenvalue weighted by molar-refractivity contribution is 0.0711. The van der Waals surface area contributed by atoms with Gasteiger partial charge in [0.05, 0.1) is 9.75 Å². The third-order valence-electron chi connectivity index (χ3n) is 3.02. The van der Waals surface area contributed by atoms with Gasteiger partial charge in [0.2, 0.25) is 0 Å². The second-order valence-electron chi connectivity index (χ2n) is 4.83. The van der Waals surface area contributed by atoms with Crippen molar-refractivity contribution in [3.63, 3.8) is 0 Å². The zero-order valence-electron chi connectivity index (χ0n) is 11.9. The van der Waals surface area contributed by atoms with Gasteiger partial charge in [-0.15, -0.1) is 11.3 Å². The molecular formula is C14H22N2O3S. The number of unbranched alkanes of at least 4 members (excludes halogenated alkanes) is 3. The van der Waals surface area contributed by atoms with Crippen molar-refractivity contribution < 1.29 is 14.8 Å². The maximum absolute atomic E-state index is 12.0. The van der Waals surface area contributed by atoms with E-state index in [2.05, 4.69) is 12.2 Å². The van der Waals surface area contributed by atoms with Crippen molar-refractivity contribution in [2.24, 2.45) is 0 Å². The first-order valence-corrected chi connectivity index (χ1v) is 7.75. The largest absolute Gasteiger partial charge is 0.349 e. The summed E-state index contributed by atoms with van der Waals surface area (Å²) < 4.78 is 0. The van der Waals surface area contributed by atoms with Crippen LogP contribution < -0.4 is 10.8 Å². The SMILES string of the molecule is CCCCCCC(C)NC(=O)c1ccc(C(=O)NO)s1. The monoisotopic (exact) mass is 298 g/mol. The number of carbonyl (C=O) groups excluding carboxylic acids is 2. The molecule has 1 aromatic rings. The van der Waals surface area contributed by atoms with Crippen molar-refractivity contribution in [2.45, 2.75) is 52.0 Å². The molecule has 0 saturated heterocycles. The summed E-state index contributed by atoms with van der Waals surface area (Å²) in [4.78, 5) is 24.0. The molecule has 112 valence electrons. The predicted molar refractivity (Wildman–Crippen MR) is 79.3 cm³/mol. The van der Waals surface area contributed by atoms with E-state index in [1.165, 1.54) is 25.3 Å². The molecule has 0 aliphatic heterocycles. The fraction of sp³-hybridized carbons (Fsp3) is 0.571. The number of hydrogen-bond donors (Lipinski definition) is 3. The number of amides is 2. The zero-order chi connectivity index (χ0) is 15.0. The fourth-order valence-electron chi connectivity index (χ4n) is 1.88. The van der Waals surface area contributed by atoms with E-state index in [-0.39, 0.29) is 11.9 Å². The normalized spacial score (nSPS) is 11.9. The van der Waals surface area contributed by atoms with E-state index in [0.717, 1.165) is 24.2 Å². The molecule has 1 atom stereocenters. The molecule has 0 aliphatic carbocycles. The van der Waals surface area contributed by atoms with Gasteiger partial charge in [-0.25, -0.2) is 5.48 Å². The van der Waals surface area contributed by atoms with Crippen LogP contribution in [0.4, 0.5) is 0 Å². The third-order valence-corrected chi connectivity index (χ3v) is 4.11. The van der Waals surface area contributed by atoms with Crippen LogP contribution in [0.3, 0.4) is 0 Å². The molecule has 1 unspecified atom stereocenters. The minimum Gasteiger partial charge on any atom is -0.349 e. The molecule has 2 amide bonds. The summed E-state index contributed by atoms with van der Waals surface area (Å²) in [6.45, 7) is 4.15. The van der Waals surface area contributed by atoms with Gasteiger partial charge in [0.15, 0.2) is 0 Å². The van der Waals surface area contributed by atoms with Gasteiger partial charge in [0.1, 0.15) is 0 Å². The molecule has 1 heterocycles. The summed E-state index contributed by atoms with van der Waals surface area (Å²) >= 11 is 1.06. The lowest BCUT2D eigenvalue weighted by Crippen LogP contribution is -2.31. The summed E-state index contributed by atoms with van der Waals surface area (Å²) in [5.41, 5.74) is 1.55. The van der Waals surface area contributed by atoms with Gasteiger partial charge < -0.3 is 5.32 Å². The molecular weight excluding hydrogens is 276 g/mol. The molecule has 0 aliphatic rings. The van der Waals surface area contributed by atoms with E-state index in [9.17, 15) is 9.59 Å². The lowest BCUT2D eigenvalue weighted by Gasteiger charge is -2.12. The maximum Gasteiger partial charge on any atom is 0.284 e. The van der Waals surface area contributed by atoms with E-state index < -0.39 is 5.91 Å². The van der Waals surface area contributed by atoms with E-state index in [1.807, 2.05) is 6.92 Å². The van der Waals surface area contributed by atoms with E-state index >= 15 is 0 Å². The molecule has 20 heavy (non-hydrogen) atoms. The van der Waals surface area contributed by atoms with Crippen molar-refractivity contribution in [1.82, 2.24) is 10.8 Å². The lowest BCUT2D eigenvalue weighted by atomic mass is 10.1. The van der Waals surface area contributed by atoms with Gasteiger partial charge in [-0.2, -0.15) is 0 Å². The second kappa shape index (κ2) is 8.71. The number of rotatable bonds is 8. The molecule has 0 radical (unpaired) electrons. The number of carbonyl (C=O) groups is 2.